The molecule has 4 saturated carbocycles. The third kappa shape index (κ3) is 1.85. The van der Waals surface area contributed by atoms with E-state index >= 15 is 0 Å². The SMILES string of the molecule is Cc1nc(C(=O)O)cc(C2C3CC4CC(C3)CC2C4)n1. The second-order valence-corrected chi connectivity index (χ2v) is 6.99. The Morgan fingerprint density at radius 2 is 1.70 bits per heavy atom. The van der Waals surface area contributed by atoms with Crippen molar-refractivity contribution in [2.45, 2.75) is 44.9 Å². The zero-order valence-corrected chi connectivity index (χ0v) is 11.7. The summed E-state index contributed by atoms with van der Waals surface area (Å²) in [4.78, 5) is 19.8. The molecule has 1 N–H and O–H groups in total. The van der Waals surface area contributed by atoms with Crippen LogP contribution in [-0.4, -0.2) is 21.0 Å². The van der Waals surface area contributed by atoms with Crippen LogP contribution in [0.2, 0.25) is 0 Å². The number of carbonyl (C=O) groups is 1. The molecule has 1 aromatic heterocycles. The first-order valence-electron chi connectivity index (χ1n) is 7.69. The Hall–Kier alpha value is -1.45. The quantitative estimate of drug-likeness (QED) is 0.898. The standard InChI is InChI=1S/C16H20N2O2/c1-8-17-13(7-14(18-8)16(19)20)15-11-3-9-2-10(5-11)6-12(15)4-9/h7,9-12,15H,2-6H2,1H3,(H,19,20). The molecule has 0 amide bonds. The molecule has 106 valence electrons. The monoisotopic (exact) mass is 272 g/mol. The highest BCUT2D eigenvalue weighted by Crippen LogP contribution is 2.59. The lowest BCUT2D eigenvalue weighted by molar-refractivity contribution is -0.00429. The Labute approximate surface area is 118 Å². The Kier molecular flexibility index (Phi) is 2.63. The minimum atomic E-state index is -0.944. The van der Waals surface area contributed by atoms with Gasteiger partial charge in [-0.1, -0.05) is 0 Å². The van der Waals surface area contributed by atoms with E-state index in [9.17, 15) is 9.90 Å². The van der Waals surface area contributed by atoms with Crippen molar-refractivity contribution in [3.05, 3.63) is 23.3 Å². The molecule has 0 atom stereocenters. The van der Waals surface area contributed by atoms with Gasteiger partial charge in [-0.05, 0) is 68.8 Å². The second-order valence-electron chi connectivity index (χ2n) is 6.99. The number of carboxylic acid groups (broad SMARTS) is 1. The maximum absolute atomic E-state index is 11.2. The summed E-state index contributed by atoms with van der Waals surface area (Å²) in [5.74, 6) is 3.42. The molecule has 5 rings (SSSR count). The van der Waals surface area contributed by atoms with E-state index in [0.717, 1.165) is 29.4 Å². The number of aryl methyl sites for hydroxylation is 1. The van der Waals surface area contributed by atoms with Crippen molar-refractivity contribution >= 4 is 5.97 Å². The van der Waals surface area contributed by atoms with E-state index in [1.807, 2.05) is 0 Å². The van der Waals surface area contributed by atoms with Gasteiger partial charge >= 0.3 is 5.97 Å². The number of hydrogen-bond donors (Lipinski definition) is 1. The molecule has 4 aliphatic rings. The first-order chi connectivity index (χ1) is 9.60. The van der Waals surface area contributed by atoms with E-state index in [1.54, 1.807) is 13.0 Å². The van der Waals surface area contributed by atoms with Crippen LogP contribution >= 0.6 is 0 Å². The molecule has 0 unspecified atom stereocenters. The maximum Gasteiger partial charge on any atom is 0.354 e. The molecular formula is C16H20N2O2. The fourth-order valence-electron chi connectivity index (χ4n) is 5.28. The van der Waals surface area contributed by atoms with Crippen molar-refractivity contribution in [1.29, 1.82) is 0 Å². The van der Waals surface area contributed by atoms with E-state index in [4.69, 9.17) is 0 Å². The fraction of sp³-hybridized carbons (Fsp3) is 0.688. The highest BCUT2D eigenvalue weighted by atomic mass is 16.4. The number of carboxylic acids is 1. The van der Waals surface area contributed by atoms with Crippen LogP contribution in [-0.2, 0) is 0 Å². The lowest BCUT2D eigenvalue weighted by Gasteiger charge is -2.54. The van der Waals surface area contributed by atoms with Gasteiger partial charge in [-0.2, -0.15) is 0 Å². The van der Waals surface area contributed by atoms with Gasteiger partial charge in [-0.3, -0.25) is 0 Å². The average Bonchev–Trinajstić information content (AvgIpc) is 2.36. The van der Waals surface area contributed by atoms with E-state index in [0.29, 0.717) is 11.7 Å². The molecule has 0 radical (unpaired) electrons. The topological polar surface area (TPSA) is 63.1 Å². The first-order valence-corrected chi connectivity index (χ1v) is 7.69. The zero-order chi connectivity index (χ0) is 13.9. The van der Waals surface area contributed by atoms with Crippen molar-refractivity contribution in [3.8, 4) is 0 Å². The number of rotatable bonds is 2. The summed E-state index contributed by atoms with van der Waals surface area (Å²) in [6, 6.07) is 1.72. The third-order valence-corrected chi connectivity index (χ3v) is 5.65. The second kappa shape index (κ2) is 4.27. The van der Waals surface area contributed by atoms with Crippen LogP contribution in [0.4, 0.5) is 0 Å². The minimum absolute atomic E-state index is 0.154. The molecule has 0 aliphatic heterocycles. The van der Waals surface area contributed by atoms with Gasteiger partial charge in [-0.25, -0.2) is 14.8 Å². The normalized spacial score (nSPS) is 38.1. The molecule has 0 aromatic carbocycles. The summed E-state index contributed by atoms with van der Waals surface area (Å²) in [6.45, 7) is 1.80. The molecule has 0 spiro atoms. The van der Waals surface area contributed by atoms with Gasteiger partial charge in [0.2, 0.25) is 0 Å². The van der Waals surface area contributed by atoms with Crippen LogP contribution in [0.3, 0.4) is 0 Å². The molecule has 4 fully saturated rings. The first kappa shape index (κ1) is 12.3. The Balaban J connectivity index is 1.72. The average molecular weight is 272 g/mol. The van der Waals surface area contributed by atoms with E-state index < -0.39 is 5.97 Å². The Morgan fingerprint density at radius 1 is 1.10 bits per heavy atom. The number of hydrogen-bond acceptors (Lipinski definition) is 3. The van der Waals surface area contributed by atoms with Gasteiger partial charge in [0.25, 0.3) is 0 Å². The Bertz CT molecular complexity index is 542. The van der Waals surface area contributed by atoms with E-state index in [1.165, 1.54) is 32.1 Å². The smallest absolute Gasteiger partial charge is 0.354 e. The van der Waals surface area contributed by atoms with Crippen LogP contribution in [0.1, 0.15) is 60.0 Å². The lowest BCUT2D eigenvalue weighted by atomic mass is 9.51. The lowest BCUT2D eigenvalue weighted by Crippen LogP contribution is -2.44. The van der Waals surface area contributed by atoms with Crippen LogP contribution in [0.25, 0.3) is 0 Å². The summed E-state index contributed by atoms with van der Waals surface area (Å²) in [5.41, 5.74) is 1.14. The molecule has 1 heterocycles. The zero-order valence-electron chi connectivity index (χ0n) is 11.7. The van der Waals surface area contributed by atoms with Gasteiger partial charge in [-0.15, -0.1) is 0 Å². The van der Waals surface area contributed by atoms with Gasteiger partial charge < -0.3 is 5.11 Å². The molecular weight excluding hydrogens is 252 g/mol. The van der Waals surface area contributed by atoms with Crippen LogP contribution in [0.5, 0.6) is 0 Å². The van der Waals surface area contributed by atoms with Crippen LogP contribution < -0.4 is 0 Å². The summed E-state index contributed by atoms with van der Waals surface area (Å²) >= 11 is 0. The molecule has 1 aromatic rings. The largest absolute Gasteiger partial charge is 0.477 e. The molecule has 4 bridgehead atoms. The number of aromatic nitrogens is 2. The maximum atomic E-state index is 11.2. The van der Waals surface area contributed by atoms with Crippen molar-refractivity contribution in [2.24, 2.45) is 23.7 Å². The summed E-state index contributed by atoms with van der Waals surface area (Å²) in [6.07, 6.45) is 6.72. The predicted molar refractivity (Wildman–Crippen MR) is 73.5 cm³/mol. The van der Waals surface area contributed by atoms with E-state index in [-0.39, 0.29) is 5.69 Å². The summed E-state index contributed by atoms with van der Waals surface area (Å²) in [7, 11) is 0. The molecule has 4 aliphatic carbocycles. The van der Waals surface area contributed by atoms with Gasteiger partial charge in [0.1, 0.15) is 5.82 Å². The molecule has 4 nitrogen and oxygen atoms in total. The molecule has 4 heteroatoms. The molecule has 0 saturated heterocycles. The highest BCUT2D eigenvalue weighted by Gasteiger charge is 2.49. The Morgan fingerprint density at radius 3 is 2.25 bits per heavy atom. The van der Waals surface area contributed by atoms with E-state index in [2.05, 4.69) is 9.97 Å². The third-order valence-electron chi connectivity index (χ3n) is 5.65. The van der Waals surface area contributed by atoms with Gasteiger partial charge in [0.15, 0.2) is 5.69 Å². The number of aromatic carboxylic acids is 1. The number of nitrogens with zero attached hydrogens (tertiary/aromatic N) is 2. The minimum Gasteiger partial charge on any atom is -0.477 e. The summed E-state index contributed by atoms with van der Waals surface area (Å²) in [5, 5.41) is 9.19. The van der Waals surface area contributed by atoms with Crippen molar-refractivity contribution in [3.63, 3.8) is 0 Å². The van der Waals surface area contributed by atoms with Crippen LogP contribution in [0.15, 0.2) is 6.07 Å². The van der Waals surface area contributed by atoms with Crippen molar-refractivity contribution < 1.29 is 9.90 Å². The summed E-state index contributed by atoms with van der Waals surface area (Å²) < 4.78 is 0. The van der Waals surface area contributed by atoms with Crippen molar-refractivity contribution in [1.82, 2.24) is 9.97 Å². The fourth-order valence-corrected chi connectivity index (χ4v) is 5.28. The van der Waals surface area contributed by atoms with Crippen LogP contribution in [0, 0.1) is 30.6 Å². The highest BCUT2D eigenvalue weighted by molar-refractivity contribution is 5.85. The predicted octanol–water partition coefficient (Wildman–Crippen LogP) is 3.02. The van der Waals surface area contributed by atoms with Gasteiger partial charge in [0.05, 0.1) is 0 Å². The molecule has 20 heavy (non-hydrogen) atoms. The van der Waals surface area contributed by atoms with Crippen molar-refractivity contribution in [2.75, 3.05) is 0 Å². The van der Waals surface area contributed by atoms with Gasteiger partial charge in [0, 0.05) is 11.6 Å².